The van der Waals surface area contributed by atoms with Crippen molar-refractivity contribution >= 4 is 27.7 Å². The molecular formula is C29H35BrFN3O2. The molecule has 0 saturated heterocycles. The number of halogens is 2. The zero-order valence-electron chi connectivity index (χ0n) is 21.1. The van der Waals surface area contributed by atoms with E-state index in [1.165, 1.54) is 29.8 Å². The van der Waals surface area contributed by atoms with E-state index in [2.05, 4.69) is 46.5 Å². The highest BCUT2D eigenvalue weighted by molar-refractivity contribution is 9.10. The minimum Gasteiger partial charge on any atom is -0.345 e. The molecule has 1 heterocycles. The summed E-state index contributed by atoms with van der Waals surface area (Å²) in [5, 5.41) is 0. The molecule has 0 N–H and O–H groups in total. The zero-order chi connectivity index (χ0) is 25.9. The Labute approximate surface area is 222 Å². The van der Waals surface area contributed by atoms with Crippen LogP contribution in [0.5, 0.6) is 0 Å². The molecule has 2 amide bonds. The van der Waals surface area contributed by atoms with Crippen LogP contribution in [0.2, 0.25) is 0 Å². The Balaban J connectivity index is 1.75. The summed E-state index contributed by atoms with van der Waals surface area (Å²) in [6.07, 6.45) is 5.60. The first kappa shape index (κ1) is 27.7. The Kier molecular flexibility index (Phi) is 10.7. The standard InChI is InChI=1S/C29H35BrFN3O2/c1-3-5-17-33(21-27-8-7-19-32(27)20-23-9-13-25(30)14-10-23)28(35)22-34(18-6-4-2)29(36)24-11-15-26(31)16-12-24/h7-16,19H,3-6,17-18,20-22H2,1-2H3. The SMILES string of the molecule is CCCCN(Cc1cccn1Cc1ccc(Br)cc1)C(=O)CN(CCCC)C(=O)c1ccc(F)cc1. The summed E-state index contributed by atoms with van der Waals surface area (Å²) in [4.78, 5) is 30.1. The predicted molar refractivity (Wildman–Crippen MR) is 145 cm³/mol. The average molecular weight is 557 g/mol. The molecule has 7 heteroatoms. The first-order valence-corrected chi connectivity index (χ1v) is 13.4. The van der Waals surface area contributed by atoms with Crippen molar-refractivity contribution in [2.45, 2.75) is 52.6 Å². The van der Waals surface area contributed by atoms with Gasteiger partial charge in [0.1, 0.15) is 12.4 Å². The third kappa shape index (κ3) is 8.05. The lowest BCUT2D eigenvalue weighted by atomic mass is 10.1. The molecule has 0 aliphatic rings. The molecule has 0 saturated carbocycles. The molecule has 2 aromatic carbocycles. The Morgan fingerprint density at radius 3 is 2.17 bits per heavy atom. The first-order valence-electron chi connectivity index (χ1n) is 12.6. The summed E-state index contributed by atoms with van der Waals surface area (Å²) in [5.41, 5.74) is 2.62. The van der Waals surface area contributed by atoms with Gasteiger partial charge in [-0.15, -0.1) is 0 Å². The molecule has 0 radical (unpaired) electrons. The Morgan fingerprint density at radius 1 is 0.889 bits per heavy atom. The number of unbranched alkanes of at least 4 members (excludes halogenated alkanes) is 2. The maximum Gasteiger partial charge on any atom is 0.254 e. The number of hydrogen-bond donors (Lipinski definition) is 0. The maximum absolute atomic E-state index is 13.5. The van der Waals surface area contributed by atoms with Crippen LogP contribution in [0.15, 0.2) is 71.3 Å². The quantitative estimate of drug-likeness (QED) is 0.241. The molecule has 5 nitrogen and oxygen atoms in total. The fraction of sp³-hybridized carbons (Fsp3) is 0.379. The lowest BCUT2D eigenvalue weighted by molar-refractivity contribution is -0.132. The minimum atomic E-state index is -0.389. The third-order valence-corrected chi connectivity index (χ3v) is 6.69. The lowest BCUT2D eigenvalue weighted by Crippen LogP contribution is -2.43. The van der Waals surface area contributed by atoms with Gasteiger partial charge in [-0.05, 0) is 66.9 Å². The zero-order valence-corrected chi connectivity index (χ0v) is 22.7. The van der Waals surface area contributed by atoms with Crippen LogP contribution >= 0.6 is 15.9 Å². The summed E-state index contributed by atoms with van der Waals surface area (Å²) in [5.74, 6) is -0.711. The average Bonchev–Trinajstić information content (AvgIpc) is 3.31. The summed E-state index contributed by atoms with van der Waals surface area (Å²) >= 11 is 3.48. The highest BCUT2D eigenvalue weighted by atomic mass is 79.9. The lowest BCUT2D eigenvalue weighted by Gasteiger charge is -2.28. The molecule has 0 aliphatic heterocycles. The van der Waals surface area contributed by atoms with Crippen molar-refractivity contribution in [3.8, 4) is 0 Å². The van der Waals surface area contributed by atoms with E-state index in [0.29, 0.717) is 25.2 Å². The van der Waals surface area contributed by atoms with Crippen LogP contribution in [0.3, 0.4) is 0 Å². The van der Waals surface area contributed by atoms with Crippen molar-refractivity contribution in [1.82, 2.24) is 14.4 Å². The number of carbonyl (C=O) groups is 2. The Bertz CT molecular complexity index is 1110. The van der Waals surface area contributed by atoms with Crippen LogP contribution in [0.25, 0.3) is 0 Å². The van der Waals surface area contributed by atoms with Crippen molar-refractivity contribution in [2.24, 2.45) is 0 Å². The molecule has 3 rings (SSSR count). The number of carbonyl (C=O) groups excluding carboxylic acids is 2. The van der Waals surface area contributed by atoms with E-state index < -0.39 is 0 Å². The van der Waals surface area contributed by atoms with Crippen LogP contribution in [0, 0.1) is 5.82 Å². The summed E-state index contributed by atoms with van der Waals surface area (Å²) in [6.45, 7) is 6.48. The van der Waals surface area contributed by atoms with Gasteiger partial charge in [0.2, 0.25) is 5.91 Å². The summed E-state index contributed by atoms with van der Waals surface area (Å²) in [7, 11) is 0. The van der Waals surface area contributed by atoms with Gasteiger partial charge >= 0.3 is 0 Å². The number of aromatic nitrogens is 1. The molecule has 0 atom stereocenters. The smallest absolute Gasteiger partial charge is 0.254 e. The molecular weight excluding hydrogens is 521 g/mol. The second-order valence-corrected chi connectivity index (χ2v) is 9.93. The second kappa shape index (κ2) is 14.0. The van der Waals surface area contributed by atoms with Crippen molar-refractivity contribution in [2.75, 3.05) is 19.6 Å². The van der Waals surface area contributed by atoms with Crippen molar-refractivity contribution < 1.29 is 14.0 Å². The topological polar surface area (TPSA) is 45.6 Å². The molecule has 0 spiro atoms. The molecule has 0 unspecified atom stereocenters. The number of rotatable bonds is 13. The monoisotopic (exact) mass is 555 g/mol. The van der Waals surface area contributed by atoms with Gasteiger partial charge in [0.15, 0.2) is 0 Å². The largest absolute Gasteiger partial charge is 0.345 e. The van der Waals surface area contributed by atoms with Crippen LogP contribution < -0.4 is 0 Å². The molecule has 192 valence electrons. The highest BCUT2D eigenvalue weighted by Crippen LogP contribution is 2.16. The molecule has 3 aromatic rings. The second-order valence-electron chi connectivity index (χ2n) is 9.01. The van der Waals surface area contributed by atoms with Gasteiger partial charge in [-0.3, -0.25) is 9.59 Å². The predicted octanol–water partition coefficient (Wildman–Crippen LogP) is 6.51. The molecule has 36 heavy (non-hydrogen) atoms. The van der Waals surface area contributed by atoms with Gasteiger partial charge in [0, 0.05) is 41.6 Å². The van der Waals surface area contributed by atoms with Gasteiger partial charge in [0.05, 0.1) is 6.54 Å². The van der Waals surface area contributed by atoms with Gasteiger partial charge < -0.3 is 14.4 Å². The van der Waals surface area contributed by atoms with Crippen LogP contribution in [0.1, 0.15) is 61.1 Å². The molecule has 0 fully saturated rings. The molecule has 0 bridgehead atoms. The number of amides is 2. The van der Waals surface area contributed by atoms with Crippen molar-refractivity contribution in [3.63, 3.8) is 0 Å². The molecule has 1 aromatic heterocycles. The third-order valence-electron chi connectivity index (χ3n) is 6.16. The minimum absolute atomic E-state index is 0.00729. The van der Waals surface area contributed by atoms with E-state index in [-0.39, 0.29) is 24.2 Å². The van der Waals surface area contributed by atoms with Crippen molar-refractivity contribution in [3.05, 3.63) is 94.0 Å². The fourth-order valence-corrected chi connectivity index (χ4v) is 4.27. The van der Waals surface area contributed by atoms with E-state index in [9.17, 15) is 14.0 Å². The Hall–Kier alpha value is -2.93. The van der Waals surface area contributed by atoms with E-state index in [1.54, 1.807) is 4.90 Å². The number of nitrogens with zero attached hydrogens (tertiary/aromatic N) is 3. The van der Waals surface area contributed by atoms with Crippen molar-refractivity contribution in [1.29, 1.82) is 0 Å². The van der Waals surface area contributed by atoms with Gasteiger partial charge in [-0.25, -0.2) is 4.39 Å². The van der Waals surface area contributed by atoms with E-state index in [1.807, 2.05) is 35.4 Å². The molecule has 0 aliphatic carbocycles. The highest BCUT2D eigenvalue weighted by Gasteiger charge is 2.23. The maximum atomic E-state index is 13.5. The fourth-order valence-electron chi connectivity index (χ4n) is 4.01. The van der Waals surface area contributed by atoms with Crippen LogP contribution in [0.4, 0.5) is 4.39 Å². The van der Waals surface area contributed by atoms with E-state index in [0.717, 1.165) is 42.4 Å². The van der Waals surface area contributed by atoms with Crippen LogP contribution in [-0.2, 0) is 17.9 Å². The van der Waals surface area contributed by atoms with E-state index in [4.69, 9.17) is 0 Å². The normalized spacial score (nSPS) is 10.9. The summed E-state index contributed by atoms with van der Waals surface area (Å²) in [6, 6.07) is 17.8. The first-order chi connectivity index (χ1) is 17.4. The Morgan fingerprint density at radius 2 is 1.53 bits per heavy atom. The summed E-state index contributed by atoms with van der Waals surface area (Å²) < 4.78 is 16.6. The van der Waals surface area contributed by atoms with E-state index >= 15 is 0 Å². The van der Waals surface area contributed by atoms with Gasteiger partial charge in [-0.1, -0.05) is 54.8 Å². The van der Waals surface area contributed by atoms with Crippen LogP contribution in [-0.4, -0.2) is 45.8 Å². The number of benzene rings is 2. The van der Waals surface area contributed by atoms with Gasteiger partial charge in [-0.2, -0.15) is 0 Å². The van der Waals surface area contributed by atoms with Gasteiger partial charge in [0.25, 0.3) is 5.91 Å². The number of hydrogen-bond acceptors (Lipinski definition) is 2.